The first-order valence-corrected chi connectivity index (χ1v) is 11.8. The maximum Gasteiger partial charge on any atom is -1.00 e. The molecule has 113 valence electrons. The van der Waals surface area contributed by atoms with E-state index >= 15 is 0 Å². The third-order valence-electron chi connectivity index (χ3n) is 5.17. The molecule has 0 nitrogen and oxygen atoms in total. The van der Waals surface area contributed by atoms with E-state index in [0.717, 1.165) is 10.0 Å². The topological polar surface area (TPSA) is 0 Å². The summed E-state index contributed by atoms with van der Waals surface area (Å²) in [5.74, 6) is 0. The van der Waals surface area contributed by atoms with Gasteiger partial charge in [0.25, 0.3) is 0 Å². The molecule has 2 atom stereocenters. The van der Waals surface area contributed by atoms with Crippen LogP contribution in [0.25, 0.3) is 10.8 Å². The van der Waals surface area contributed by atoms with Crippen molar-refractivity contribution in [3.05, 3.63) is 58.3 Å². The van der Waals surface area contributed by atoms with Crippen molar-refractivity contribution in [1.82, 2.24) is 0 Å². The predicted octanol–water partition coefficient (Wildman–Crippen LogP) is -1.03. The third kappa shape index (κ3) is 2.42. The Bertz CT molecular complexity index is 705. The van der Waals surface area contributed by atoms with E-state index in [0.29, 0.717) is 0 Å². The van der Waals surface area contributed by atoms with Gasteiger partial charge in [0.05, 0.1) is 0 Å². The minimum atomic E-state index is -1.14. The van der Waals surface area contributed by atoms with Crippen LogP contribution in [0.2, 0.25) is 12.6 Å². The Hall–Kier alpha value is 0.120. The fourth-order valence-electron chi connectivity index (χ4n) is 4.23. The van der Waals surface area contributed by atoms with E-state index in [9.17, 15) is 0 Å². The van der Waals surface area contributed by atoms with Gasteiger partial charge in [0, 0.05) is 0 Å². The molecule has 0 aromatic heterocycles. The van der Waals surface area contributed by atoms with Gasteiger partial charge in [0.1, 0.15) is 0 Å². The molecule has 0 radical (unpaired) electrons. The average molecular weight is 426 g/mol. The molecule has 4 rings (SSSR count). The molecule has 0 saturated heterocycles. The zero-order valence-electron chi connectivity index (χ0n) is 12.9. The number of fused-ring (bicyclic) bond motifs is 2. The Morgan fingerprint density at radius 2 is 2.05 bits per heavy atom. The van der Waals surface area contributed by atoms with Gasteiger partial charge < -0.3 is 24.8 Å². The summed E-state index contributed by atoms with van der Waals surface area (Å²) in [6.07, 6.45) is 9.27. The molecular weight excluding hydrogens is 406 g/mol. The van der Waals surface area contributed by atoms with Crippen LogP contribution in [0.3, 0.4) is 0 Å². The van der Waals surface area contributed by atoms with Crippen LogP contribution in [0.5, 0.6) is 0 Å². The number of allylic oxidation sites excluding steroid dienone is 5. The third-order valence-corrected chi connectivity index (χ3v) is 12.0. The zero-order chi connectivity index (χ0) is 13.9. The van der Waals surface area contributed by atoms with Crippen molar-refractivity contribution in [1.29, 1.82) is 0 Å². The van der Waals surface area contributed by atoms with E-state index in [2.05, 4.69) is 49.9 Å². The fourth-order valence-corrected chi connectivity index (χ4v) is 12.8. The minimum Gasteiger partial charge on any atom is -1.00 e. The molecule has 3 aliphatic rings. The van der Waals surface area contributed by atoms with Crippen molar-refractivity contribution < 1.29 is 49.5 Å². The van der Waals surface area contributed by atoms with Gasteiger partial charge in [-0.15, -0.1) is 0 Å². The smallest absolute Gasteiger partial charge is 1.00 e. The largest absolute Gasteiger partial charge is 1.00 e. The molecule has 1 aromatic rings. The van der Waals surface area contributed by atoms with Gasteiger partial charge in [0.2, 0.25) is 0 Å². The second kappa shape index (κ2) is 6.55. The number of rotatable bonds is 3. The van der Waals surface area contributed by atoms with Crippen molar-refractivity contribution in [3.63, 3.8) is 0 Å². The summed E-state index contributed by atoms with van der Waals surface area (Å²) in [5.41, 5.74) is 6.37. The summed E-state index contributed by atoms with van der Waals surface area (Å²) in [4.78, 5) is 0. The Morgan fingerprint density at radius 1 is 1.27 bits per heavy atom. The summed E-state index contributed by atoms with van der Waals surface area (Å²) in [5, 5.41) is 3.76. The molecule has 0 spiro atoms. The Morgan fingerprint density at radius 3 is 2.68 bits per heavy atom. The molecule has 0 amide bonds. The van der Waals surface area contributed by atoms with E-state index in [-0.39, 0.29) is 24.8 Å². The van der Waals surface area contributed by atoms with Crippen molar-refractivity contribution in [2.24, 2.45) is 0 Å². The molecule has 0 fully saturated rings. The monoisotopic (exact) mass is 423 g/mol. The molecule has 1 heterocycles. The van der Waals surface area contributed by atoms with Gasteiger partial charge in [-0.1, -0.05) is 0 Å². The van der Waals surface area contributed by atoms with Gasteiger partial charge in [-0.2, -0.15) is 0 Å². The fraction of sp³-hybridized carbons (Fsp3) is 0.333. The normalized spacial score (nSPS) is 26.9. The maximum absolute atomic E-state index is 2.61. The number of hydrogen-bond acceptors (Lipinski definition) is 0. The summed E-state index contributed by atoms with van der Waals surface area (Å²) >= 11 is 1.69. The van der Waals surface area contributed by atoms with Gasteiger partial charge in [-0.3, -0.25) is 0 Å². The maximum atomic E-state index is 2.61. The van der Waals surface area contributed by atoms with Crippen LogP contribution >= 0.6 is 0 Å². The molecule has 2 unspecified atom stereocenters. The molecule has 0 saturated carbocycles. The van der Waals surface area contributed by atoms with Crippen molar-refractivity contribution in [2.45, 2.75) is 36.0 Å². The van der Waals surface area contributed by atoms with Gasteiger partial charge in [0.15, 0.2) is 0 Å². The van der Waals surface area contributed by atoms with E-state index in [1.807, 2.05) is 10.4 Å². The van der Waals surface area contributed by atoms with E-state index < -0.39 is 8.07 Å². The molecular formula is C18H19Cl2SiZr. The van der Waals surface area contributed by atoms with Crippen LogP contribution in [0, 0.1) is 0 Å². The van der Waals surface area contributed by atoms with Crippen molar-refractivity contribution in [2.75, 3.05) is 0 Å². The van der Waals surface area contributed by atoms with Crippen molar-refractivity contribution >= 4 is 18.8 Å². The van der Waals surface area contributed by atoms with E-state index in [1.54, 1.807) is 35.8 Å². The summed E-state index contributed by atoms with van der Waals surface area (Å²) in [6.45, 7) is 4.96. The summed E-state index contributed by atoms with van der Waals surface area (Å²) in [7, 11) is -1.14. The first-order valence-electron chi connectivity index (χ1n) is 7.64. The molecule has 22 heavy (non-hydrogen) atoms. The molecule has 0 bridgehead atoms. The predicted molar refractivity (Wildman–Crippen MR) is 84.6 cm³/mol. The first kappa shape index (κ1) is 18.5. The zero-order valence-corrected chi connectivity index (χ0v) is 17.9. The second-order valence-corrected chi connectivity index (χ2v) is 12.0. The number of halogens is 2. The van der Waals surface area contributed by atoms with Crippen LogP contribution in [-0.4, -0.2) is 8.07 Å². The van der Waals surface area contributed by atoms with Gasteiger partial charge in [-0.05, 0) is 0 Å². The second-order valence-electron chi connectivity index (χ2n) is 6.40. The average Bonchev–Trinajstić information content (AvgIpc) is 2.85. The summed E-state index contributed by atoms with van der Waals surface area (Å²) in [6, 6.07) is 8.48. The van der Waals surface area contributed by atoms with Crippen LogP contribution in [0.4, 0.5) is 0 Å². The minimum absolute atomic E-state index is 0. The van der Waals surface area contributed by atoms with Crippen LogP contribution in [-0.2, 0) is 24.7 Å². The molecule has 2 aliphatic carbocycles. The molecule has 1 aromatic carbocycles. The van der Waals surface area contributed by atoms with Crippen molar-refractivity contribution in [3.8, 4) is 0 Å². The Balaban J connectivity index is 0.000000882. The van der Waals surface area contributed by atoms with Crippen LogP contribution in [0.15, 0.2) is 41.6 Å². The van der Waals surface area contributed by atoms with Crippen LogP contribution < -0.4 is 24.8 Å². The van der Waals surface area contributed by atoms with E-state index in [4.69, 9.17) is 0 Å². The number of hydrogen-bond donors (Lipinski definition) is 0. The van der Waals surface area contributed by atoms with E-state index in [1.165, 1.54) is 23.6 Å². The van der Waals surface area contributed by atoms with Gasteiger partial charge >= 0.3 is 138 Å². The Kier molecular flexibility index (Phi) is 5.50. The molecule has 1 aliphatic heterocycles. The number of benzene rings is 1. The first-order chi connectivity index (χ1) is 9.68. The standard InChI is InChI=1S/C18H19Si.2ClH.Zr/c1-3-11-19(2)16-12-14-9-6-10-15(17(14)18(16)19)13-7-4-5-8-13;;;/h4-7,9-10,12H,3,8,11H2,1-2H3;2*1H;/q;;;+2/p-2. The SMILES string of the molecule is CCC[Si]1(C)C2=C1[CH]([Zr+2])c1cccc(C3=CC=CC3)c12.[Cl-].[Cl-]. The van der Waals surface area contributed by atoms with Gasteiger partial charge in [-0.25, -0.2) is 0 Å². The Labute approximate surface area is 161 Å². The molecule has 4 heteroatoms. The van der Waals surface area contributed by atoms with Crippen LogP contribution in [0.1, 0.15) is 40.1 Å². The summed E-state index contributed by atoms with van der Waals surface area (Å²) < 4.78 is 0.783. The quantitative estimate of drug-likeness (QED) is 0.544. The molecule has 0 N–H and O–H groups in total.